The minimum atomic E-state index is -0.668. The van der Waals surface area contributed by atoms with Crippen LogP contribution in [0, 0.1) is 0 Å². The van der Waals surface area contributed by atoms with E-state index in [0.29, 0.717) is 30.0 Å². The normalized spacial score (nSPS) is 27.0. The van der Waals surface area contributed by atoms with E-state index in [-0.39, 0.29) is 15.1 Å². The Morgan fingerprint density at radius 3 is 3.15 bits per heavy atom. The number of hydrogen-bond acceptors (Lipinski definition) is 8. The largest absolute Gasteiger partial charge is 0.388 e. The van der Waals surface area contributed by atoms with E-state index in [9.17, 15) is 5.11 Å². The predicted octanol–water partition coefficient (Wildman–Crippen LogP) is -0.459. The molecule has 108 valence electrons. The summed E-state index contributed by atoms with van der Waals surface area (Å²) in [6.07, 6.45) is 1.92. The third kappa shape index (κ3) is 2.34. The monoisotopic (exact) mass is 298 g/mol. The molecule has 3 heterocycles. The molecule has 4 atom stereocenters. The average Bonchev–Trinajstić information content (AvgIpc) is 3.01. The fraction of sp³-hybridized carbons (Fsp3) is 0.500. The van der Waals surface area contributed by atoms with Crippen molar-refractivity contribution in [2.75, 3.05) is 12.3 Å². The van der Waals surface area contributed by atoms with Crippen molar-refractivity contribution in [3.63, 3.8) is 0 Å². The van der Waals surface area contributed by atoms with Crippen LogP contribution in [0.2, 0.25) is 0 Å². The number of aliphatic hydroxyl groups excluding tert-OH is 1. The van der Waals surface area contributed by atoms with Crippen molar-refractivity contribution in [2.45, 2.75) is 24.9 Å². The van der Waals surface area contributed by atoms with Gasteiger partial charge in [-0.25, -0.2) is 15.0 Å². The second-order valence-corrected chi connectivity index (χ2v) is 4.99. The molecule has 3 rings (SSSR count). The Labute approximate surface area is 116 Å². The molecule has 1 aliphatic heterocycles. The molecule has 0 amide bonds. The number of nitrogens with two attached hydrogens (primary N) is 2. The molecule has 1 aliphatic rings. The van der Waals surface area contributed by atoms with E-state index >= 15 is 0 Å². The molecule has 2 aromatic heterocycles. The smallest absolute Gasteiger partial charge is 0.167 e. The number of ether oxygens (including phenoxy) is 1. The lowest BCUT2D eigenvalue weighted by atomic mass is 10.2. The molecule has 0 saturated carbocycles. The number of rotatable bonds is 4. The highest BCUT2D eigenvalue weighted by Gasteiger charge is 2.36. The number of imidazole rings is 1. The van der Waals surface area contributed by atoms with Crippen molar-refractivity contribution in [3.05, 3.63) is 12.7 Å². The summed E-state index contributed by atoms with van der Waals surface area (Å²) >= 11 is 0. The molecular weight excluding hydrogens is 283 g/mol. The van der Waals surface area contributed by atoms with Crippen LogP contribution in [0.15, 0.2) is 12.7 Å². The van der Waals surface area contributed by atoms with Crippen LogP contribution in [0.5, 0.6) is 0 Å². The Kier molecular flexibility index (Phi) is 3.77. The number of anilines is 1. The number of fused-ring (bicyclic) bond motifs is 1. The van der Waals surface area contributed by atoms with E-state index in [2.05, 4.69) is 15.0 Å². The maximum absolute atomic E-state index is 10.1. The SMILES string of the molecule is NPOC[C@@H]1C[C@@H](O)[C@H](n2cnc3c(N)ncnc32)O1. The van der Waals surface area contributed by atoms with E-state index in [0.717, 1.165) is 0 Å². The highest BCUT2D eigenvalue weighted by atomic mass is 31.1. The van der Waals surface area contributed by atoms with Gasteiger partial charge in [-0.1, -0.05) is 0 Å². The van der Waals surface area contributed by atoms with Gasteiger partial charge in [-0.15, -0.1) is 0 Å². The van der Waals surface area contributed by atoms with Crippen molar-refractivity contribution < 1.29 is 14.4 Å². The fourth-order valence-corrected chi connectivity index (χ4v) is 2.57. The molecule has 20 heavy (non-hydrogen) atoms. The molecule has 1 saturated heterocycles. The molecule has 0 aliphatic carbocycles. The fourth-order valence-electron chi connectivity index (χ4n) is 2.28. The third-order valence-corrected chi connectivity index (χ3v) is 3.51. The van der Waals surface area contributed by atoms with Gasteiger partial charge in [-0.3, -0.25) is 10.1 Å². The zero-order valence-corrected chi connectivity index (χ0v) is 11.5. The van der Waals surface area contributed by atoms with Gasteiger partial charge in [0.05, 0.1) is 28.0 Å². The van der Waals surface area contributed by atoms with Crippen LogP contribution < -0.4 is 11.2 Å². The minimum absolute atomic E-state index is 0.0938. The van der Waals surface area contributed by atoms with E-state index in [4.69, 9.17) is 20.5 Å². The van der Waals surface area contributed by atoms with Gasteiger partial charge in [-0.05, 0) is 0 Å². The number of nitrogen functional groups attached to an aromatic ring is 1. The van der Waals surface area contributed by atoms with E-state index in [1.54, 1.807) is 4.57 Å². The summed E-state index contributed by atoms with van der Waals surface area (Å²) in [7, 11) is -0.0938. The second-order valence-electron chi connectivity index (χ2n) is 4.46. The molecule has 0 aromatic carbocycles. The molecular formula is C10H15N6O3P. The van der Waals surface area contributed by atoms with E-state index in [1.165, 1.54) is 12.7 Å². The second kappa shape index (κ2) is 5.55. The number of hydrogen-bond donors (Lipinski definition) is 3. The quantitative estimate of drug-likeness (QED) is 0.645. The predicted molar refractivity (Wildman–Crippen MR) is 72.7 cm³/mol. The van der Waals surface area contributed by atoms with Gasteiger partial charge < -0.3 is 20.1 Å². The van der Waals surface area contributed by atoms with Crippen molar-refractivity contribution in [1.29, 1.82) is 0 Å². The van der Waals surface area contributed by atoms with Crippen molar-refractivity contribution in [3.8, 4) is 0 Å². The Hall–Kier alpha value is -1.38. The molecule has 1 unspecified atom stereocenters. The van der Waals surface area contributed by atoms with E-state index < -0.39 is 12.3 Å². The lowest BCUT2D eigenvalue weighted by molar-refractivity contribution is -0.0445. The first-order chi connectivity index (χ1) is 9.70. The van der Waals surface area contributed by atoms with Gasteiger partial charge in [0.15, 0.2) is 17.7 Å². The van der Waals surface area contributed by atoms with Gasteiger partial charge in [0.25, 0.3) is 0 Å². The molecule has 5 N–H and O–H groups in total. The lowest BCUT2D eigenvalue weighted by Crippen LogP contribution is -2.19. The maximum atomic E-state index is 10.1. The summed E-state index contributed by atoms with van der Waals surface area (Å²) in [5.41, 5.74) is 12.1. The lowest BCUT2D eigenvalue weighted by Gasteiger charge is -2.16. The standard InChI is InChI=1S/C10H15N6O3P/c11-8-7-9(14-3-13-8)16(4-15-7)10-6(17)1-5(19-10)2-18-20-12/h3-6,10,17,20H,1-2,12H2,(H2,11,13,14)/t5-,6+,10+/m0/s1. The zero-order chi connectivity index (χ0) is 14.1. The molecule has 10 heteroatoms. The van der Waals surface area contributed by atoms with Crippen LogP contribution in [0.3, 0.4) is 0 Å². The van der Waals surface area contributed by atoms with Crippen molar-refractivity contribution in [1.82, 2.24) is 19.5 Å². The molecule has 9 nitrogen and oxygen atoms in total. The Balaban J connectivity index is 1.86. The van der Waals surface area contributed by atoms with Crippen LogP contribution in [-0.4, -0.2) is 43.4 Å². The molecule has 0 spiro atoms. The van der Waals surface area contributed by atoms with Gasteiger partial charge in [0.2, 0.25) is 0 Å². The molecule has 0 radical (unpaired) electrons. The van der Waals surface area contributed by atoms with E-state index in [1.807, 2.05) is 0 Å². The first-order valence-electron chi connectivity index (χ1n) is 6.04. The summed E-state index contributed by atoms with van der Waals surface area (Å²) in [6.45, 7) is 0.353. The number of aliphatic hydroxyl groups is 1. The maximum Gasteiger partial charge on any atom is 0.167 e. The van der Waals surface area contributed by atoms with Crippen LogP contribution in [0.25, 0.3) is 11.2 Å². The minimum Gasteiger partial charge on any atom is -0.388 e. The van der Waals surface area contributed by atoms with Crippen LogP contribution >= 0.6 is 8.96 Å². The van der Waals surface area contributed by atoms with Gasteiger partial charge >= 0.3 is 0 Å². The average molecular weight is 298 g/mol. The van der Waals surface area contributed by atoms with Gasteiger partial charge in [0, 0.05) is 6.42 Å². The first kappa shape index (κ1) is 13.6. The van der Waals surface area contributed by atoms with Gasteiger partial charge in [-0.2, -0.15) is 0 Å². The Bertz CT molecular complexity index is 608. The third-order valence-electron chi connectivity index (χ3n) is 3.18. The molecule has 0 bridgehead atoms. The summed E-state index contributed by atoms with van der Waals surface area (Å²) in [5, 5.41) is 10.1. The van der Waals surface area contributed by atoms with Crippen LogP contribution in [-0.2, 0) is 9.26 Å². The van der Waals surface area contributed by atoms with Crippen LogP contribution in [0.1, 0.15) is 12.6 Å². The highest BCUT2D eigenvalue weighted by molar-refractivity contribution is 7.29. The summed E-state index contributed by atoms with van der Waals surface area (Å²) in [5.74, 6) is 0.297. The summed E-state index contributed by atoms with van der Waals surface area (Å²) < 4.78 is 12.6. The summed E-state index contributed by atoms with van der Waals surface area (Å²) in [4.78, 5) is 12.2. The summed E-state index contributed by atoms with van der Waals surface area (Å²) in [6, 6.07) is 0. The topological polar surface area (TPSA) is 134 Å². The highest BCUT2D eigenvalue weighted by Crippen LogP contribution is 2.31. The number of nitrogens with zero attached hydrogens (tertiary/aromatic N) is 4. The van der Waals surface area contributed by atoms with Crippen LogP contribution in [0.4, 0.5) is 5.82 Å². The molecule has 1 fully saturated rings. The Morgan fingerprint density at radius 1 is 1.50 bits per heavy atom. The van der Waals surface area contributed by atoms with Crippen molar-refractivity contribution in [2.24, 2.45) is 5.50 Å². The Morgan fingerprint density at radius 2 is 2.35 bits per heavy atom. The zero-order valence-electron chi connectivity index (χ0n) is 10.5. The molecule has 2 aromatic rings. The van der Waals surface area contributed by atoms with Crippen molar-refractivity contribution >= 4 is 25.9 Å². The number of aromatic nitrogens is 4. The van der Waals surface area contributed by atoms with Gasteiger partial charge in [0.1, 0.15) is 17.9 Å². The first-order valence-corrected chi connectivity index (χ1v) is 7.03.